The van der Waals surface area contributed by atoms with Crippen LogP contribution in [0.5, 0.6) is 0 Å². The van der Waals surface area contributed by atoms with Gasteiger partial charge >= 0.3 is 0 Å². The van der Waals surface area contributed by atoms with Gasteiger partial charge in [0.2, 0.25) is 0 Å². The van der Waals surface area contributed by atoms with Crippen molar-refractivity contribution in [2.24, 2.45) is 0 Å². The van der Waals surface area contributed by atoms with Crippen LogP contribution in [0.15, 0.2) is 199 Å². The number of hydrogen-bond acceptors (Lipinski definition) is 3. The van der Waals surface area contributed by atoms with Crippen molar-refractivity contribution in [2.75, 3.05) is 0 Å². The second-order valence-electron chi connectivity index (χ2n) is 14.2. The van der Waals surface area contributed by atoms with Crippen molar-refractivity contribution >= 4 is 54.4 Å². The fourth-order valence-corrected chi connectivity index (χ4v) is 8.08. The van der Waals surface area contributed by atoms with Crippen molar-refractivity contribution in [3.05, 3.63) is 194 Å². The second kappa shape index (κ2) is 12.6. The van der Waals surface area contributed by atoms with Crippen LogP contribution in [-0.4, -0.2) is 9.97 Å². The highest BCUT2D eigenvalue weighted by molar-refractivity contribution is 6.19. The van der Waals surface area contributed by atoms with E-state index in [-0.39, 0.29) is 0 Å². The van der Waals surface area contributed by atoms with Crippen LogP contribution in [0.3, 0.4) is 0 Å². The Morgan fingerprint density at radius 2 is 0.945 bits per heavy atom. The van der Waals surface area contributed by atoms with Gasteiger partial charge in [-0.15, -0.1) is 0 Å². The molecule has 3 heteroatoms. The predicted molar refractivity (Wildman–Crippen MR) is 229 cm³/mol. The number of rotatable bonds is 5. The van der Waals surface area contributed by atoms with Gasteiger partial charge in [-0.25, -0.2) is 9.97 Å². The Bertz CT molecular complexity index is 3230. The summed E-state index contributed by atoms with van der Waals surface area (Å²) in [4.78, 5) is 10.5. The Kier molecular flexibility index (Phi) is 7.17. The third kappa shape index (κ3) is 5.36. The molecule has 2 aromatic heterocycles. The molecule has 55 heavy (non-hydrogen) atoms. The molecule has 0 saturated carbocycles. The van der Waals surface area contributed by atoms with Gasteiger partial charge < -0.3 is 4.42 Å². The molecule has 256 valence electrons. The van der Waals surface area contributed by atoms with Gasteiger partial charge in [0.25, 0.3) is 0 Å². The summed E-state index contributed by atoms with van der Waals surface area (Å²) >= 11 is 0. The van der Waals surface area contributed by atoms with Gasteiger partial charge in [-0.05, 0) is 79.9 Å². The quantitative estimate of drug-likeness (QED) is 0.179. The van der Waals surface area contributed by atoms with E-state index >= 15 is 0 Å². The summed E-state index contributed by atoms with van der Waals surface area (Å²) in [6.07, 6.45) is 0. The minimum Gasteiger partial charge on any atom is -0.455 e. The molecule has 0 N–H and O–H groups in total. The minimum atomic E-state index is 0.655. The molecule has 2 heterocycles. The number of fused-ring (bicyclic) bond motifs is 7. The summed E-state index contributed by atoms with van der Waals surface area (Å²) in [6.45, 7) is 0. The summed E-state index contributed by atoms with van der Waals surface area (Å²) in [5.41, 5.74) is 12.3. The molecule has 9 aromatic carbocycles. The van der Waals surface area contributed by atoms with Crippen molar-refractivity contribution in [1.29, 1.82) is 0 Å². The Balaban J connectivity index is 1.10. The van der Waals surface area contributed by atoms with E-state index in [1.165, 1.54) is 33.0 Å². The highest BCUT2D eigenvalue weighted by atomic mass is 16.3. The molecule has 0 atom stereocenters. The molecule has 0 aliphatic rings. The molecule has 0 saturated heterocycles. The zero-order chi connectivity index (χ0) is 36.3. The molecule has 11 aromatic rings. The maximum atomic E-state index is 6.83. The zero-order valence-corrected chi connectivity index (χ0v) is 29.8. The van der Waals surface area contributed by atoms with Crippen LogP contribution in [0.25, 0.3) is 110 Å². The molecular weight excluding hydrogens is 669 g/mol. The van der Waals surface area contributed by atoms with Gasteiger partial charge in [-0.1, -0.05) is 164 Å². The minimum absolute atomic E-state index is 0.655. The average molecular weight is 701 g/mol. The number of hydrogen-bond donors (Lipinski definition) is 0. The Morgan fingerprint density at radius 1 is 0.345 bits per heavy atom. The molecule has 0 radical (unpaired) electrons. The second-order valence-corrected chi connectivity index (χ2v) is 14.2. The SMILES string of the molecule is c1ccc(-c2ccc(-c3nc(-c4cc(-c5ccc(-c6ccc7ccccc7c6)cc5)c5c(c4)oc4c6ccccc6ccc45)nc4ccccc34)cc2)cc1. The monoisotopic (exact) mass is 700 g/mol. The van der Waals surface area contributed by atoms with Gasteiger partial charge in [-0.3, -0.25) is 0 Å². The molecule has 0 bridgehead atoms. The van der Waals surface area contributed by atoms with Crippen LogP contribution in [0, 0.1) is 0 Å². The maximum Gasteiger partial charge on any atom is 0.160 e. The molecule has 0 aliphatic carbocycles. The molecule has 0 amide bonds. The summed E-state index contributed by atoms with van der Waals surface area (Å²) in [5, 5.41) is 7.91. The van der Waals surface area contributed by atoms with Crippen molar-refractivity contribution in [3.63, 3.8) is 0 Å². The molecular formula is C52H32N2O. The summed E-state index contributed by atoms with van der Waals surface area (Å²) < 4.78 is 6.83. The number of nitrogens with zero attached hydrogens (tertiary/aromatic N) is 2. The first-order chi connectivity index (χ1) is 27.2. The van der Waals surface area contributed by atoms with Crippen molar-refractivity contribution < 1.29 is 4.42 Å². The lowest BCUT2D eigenvalue weighted by atomic mass is 9.94. The van der Waals surface area contributed by atoms with E-state index in [9.17, 15) is 0 Å². The van der Waals surface area contributed by atoms with Crippen LogP contribution >= 0.6 is 0 Å². The third-order valence-corrected chi connectivity index (χ3v) is 10.9. The van der Waals surface area contributed by atoms with E-state index < -0.39 is 0 Å². The lowest BCUT2D eigenvalue weighted by molar-refractivity contribution is 0.673. The number of para-hydroxylation sites is 1. The van der Waals surface area contributed by atoms with Crippen LogP contribution < -0.4 is 0 Å². The van der Waals surface area contributed by atoms with Gasteiger partial charge in [0.15, 0.2) is 5.82 Å². The zero-order valence-electron chi connectivity index (χ0n) is 29.8. The van der Waals surface area contributed by atoms with E-state index in [1.54, 1.807) is 0 Å². The highest BCUT2D eigenvalue weighted by Crippen LogP contribution is 2.43. The van der Waals surface area contributed by atoms with Crippen LogP contribution in [-0.2, 0) is 0 Å². The van der Waals surface area contributed by atoms with Gasteiger partial charge in [0.1, 0.15) is 11.2 Å². The lowest BCUT2D eigenvalue weighted by Gasteiger charge is -2.12. The van der Waals surface area contributed by atoms with Crippen LogP contribution in [0.2, 0.25) is 0 Å². The van der Waals surface area contributed by atoms with Crippen molar-refractivity contribution in [3.8, 4) is 56.0 Å². The Morgan fingerprint density at radius 3 is 1.76 bits per heavy atom. The molecule has 0 aliphatic heterocycles. The number of furan rings is 1. The van der Waals surface area contributed by atoms with E-state index in [0.717, 1.165) is 71.6 Å². The highest BCUT2D eigenvalue weighted by Gasteiger charge is 2.19. The van der Waals surface area contributed by atoms with Crippen LogP contribution in [0.4, 0.5) is 0 Å². The summed E-state index contributed by atoms with van der Waals surface area (Å²) in [6, 6.07) is 68.6. The lowest BCUT2D eigenvalue weighted by Crippen LogP contribution is -1.96. The van der Waals surface area contributed by atoms with Crippen LogP contribution in [0.1, 0.15) is 0 Å². The topological polar surface area (TPSA) is 38.9 Å². The van der Waals surface area contributed by atoms with Gasteiger partial charge in [0, 0.05) is 32.7 Å². The Labute approximate surface area is 317 Å². The largest absolute Gasteiger partial charge is 0.455 e. The first-order valence-electron chi connectivity index (χ1n) is 18.6. The molecule has 0 spiro atoms. The van der Waals surface area contributed by atoms with Crippen molar-refractivity contribution in [1.82, 2.24) is 9.97 Å². The fourth-order valence-electron chi connectivity index (χ4n) is 8.08. The molecule has 0 unspecified atom stereocenters. The summed E-state index contributed by atoms with van der Waals surface area (Å²) in [7, 11) is 0. The average Bonchev–Trinajstić information content (AvgIpc) is 3.65. The van der Waals surface area contributed by atoms with E-state index in [1.807, 2.05) is 12.1 Å². The third-order valence-electron chi connectivity index (χ3n) is 10.9. The van der Waals surface area contributed by atoms with E-state index in [2.05, 4.69) is 182 Å². The smallest absolute Gasteiger partial charge is 0.160 e. The number of benzene rings is 9. The normalized spacial score (nSPS) is 11.6. The van der Waals surface area contributed by atoms with Crippen molar-refractivity contribution in [2.45, 2.75) is 0 Å². The first kappa shape index (κ1) is 31.2. The predicted octanol–water partition coefficient (Wildman–Crippen LogP) is 14.2. The fraction of sp³-hybridized carbons (Fsp3) is 0. The van der Waals surface area contributed by atoms with Gasteiger partial charge in [-0.2, -0.15) is 0 Å². The van der Waals surface area contributed by atoms with E-state index in [4.69, 9.17) is 14.4 Å². The van der Waals surface area contributed by atoms with E-state index in [0.29, 0.717) is 5.82 Å². The first-order valence-corrected chi connectivity index (χ1v) is 18.6. The summed E-state index contributed by atoms with van der Waals surface area (Å²) in [5.74, 6) is 0.655. The molecule has 11 rings (SSSR count). The maximum absolute atomic E-state index is 6.83. The molecule has 3 nitrogen and oxygen atoms in total. The number of aromatic nitrogens is 2. The molecule has 0 fully saturated rings. The Hall–Kier alpha value is -7.36. The standard InChI is InChI=1S/C52H32N2O/c1-2-10-33(11-3-1)35-20-25-39(26-21-35)50-44-16-8-9-17-47(44)53-52(54-50)42-31-46(49-45-29-28-37-13-6-7-15-43(37)51(45)55-48(49)32-42)38-23-18-36(19-24-38)41-27-22-34-12-4-5-14-40(34)30-41/h1-32H. The van der Waals surface area contributed by atoms with Gasteiger partial charge in [0.05, 0.1) is 11.2 Å².